The Hall–Kier alpha value is -0.380. The van der Waals surface area contributed by atoms with Crippen molar-refractivity contribution in [3.8, 4) is 0 Å². The lowest BCUT2D eigenvalue weighted by atomic mass is 10.0. The summed E-state index contributed by atoms with van der Waals surface area (Å²) in [7, 11) is 0. The molecule has 0 spiro atoms. The van der Waals surface area contributed by atoms with E-state index in [9.17, 15) is 0 Å². The van der Waals surface area contributed by atoms with Crippen LogP contribution in [-0.2, 0) is 6.61 Å². The van der Waals surface area contributed by atoms with Gasteiger partial charge in [-0.25, -0.2) is 0 Å². The molecule has 1 aromatic rings. The predicted molar refractivity (Wildman–Crippen MR) is 54.5 cm³/mol. The summed E-state index contributed by atoms with van der Waals surface area (Å²) >= 11 is 1.60. The molecule has 1 atom stereocenters. The van der Waals surface area contributed by atoms with E-state index >= 15 is 0 Å². The highest BCUT2D eigenvalue weighted by atomic mass is 32.1. The van der Waals surface area contributed by atoms with Gasteiger partial charge in [0.1, 0.15) is 0 Å². The fourth-order valence-electron chi connectivity index (χ4n) is 1.65. The van der Waals surface area contributed by atoms with Gasteiger partial charge < -0.3 is 10.8 Å². The van der Waals surface area contributed by atoms with Crippen molar-refractivity contribution >= 4 is 11.3 Å². The number of aliphatic hydroxyl groups excluding tert-OH is 1. The zero-order valence-electron chi connectivity index (χ0n) is 7.57. The van der Waals surface area contributed by atoms with Gasteiger partial charge >= 0.3 is 0 Å². The van der Waals surface area contributed by atoms with Crippen LogP contribution in [0.4, 0.5) is 0 Å². The van der Waals surface area contributed by atoms with E-state index in [2.05, 4.69) is 0 Å². The molecule has 72 valence electrons. The highest BCUT2D eigenvalue weighted by molar-refractivity contribution is 7.10. The minimum atomic E-state index is 0.130. The third-order valence-corrected chi connectivity index (χ3v) is 3.53. The van der Waals surface area contributed by atoms with Gasteiger partial charge in [-0.3, -0.25) is 0 Å². The smallest absolute Gasteiger partial charge is 0.0777 e. The summed E-state index contributed by atoms with van der Waals surface area (Å²) in [6.45, 7) is 0.130. The van der Waals surface area contributed by atoms with Gasteiger partial charge in [0.05, 0.1) is 6.61 Å². The molecule has 0 bridgehead atoms. The maximum Gasteiger partial charge on any atom is 0.0777 e. The quantitative estimate of drug-likeness (QED) is 0.776. The number of nitrogens with two attached hydrogens (primary N) is 1. The minimum absolute atomic E-state index is 0.130. The standard InChI is InChI=1S/C10H15NOS/c11-9(5-7-1-2-7)8-3-4-13-10(8)6-12/h3-4,7,9,12H,1-2,5-6,11H2. The van der Waals surface area contributed by atoms with E-state index in [1.54, 1.807) is 11.3 Å². The SMILES string of the molecule is NC(CC1CC1)c1ccsc1CO. The molecular weight excluding hydrogens is 182 g/mol. The van der Waals surface area contributed by atoms with E-state index in [1.807, 2.05) is 11.4 Å². The first-order valence-electron chi connectivity index (χ1n) is 4.74. The summed E-state index contributed by atoms with van der Waals surface area (Å²) in [5, 5.41) is 11.1. The molecule has 0 amide bonds. The van der Waals surface area contributed by atoms with Crippen molar-refractivity contribution in [2.75, 3.05) is 0 Å². The van der Waals surface area contributed by atoms with Gasteiger partial charge in [0, 0.05) is 10.9 Å². The van der Waals surface area contributed by atoms with Crippen LogP contribution < -0.4 is 5.73 Å². The van der Waals surface area contributed by atoms with Crippen molar-refractivity contribution in [2.24, 2.45) is 11.7 Å². The van der Waals surface area contributed by atoms with Crippen molar-refractivity contribution in [1.82, 2.24) is 0 Å². The van der Waals surface area contributed by atoms with E-state index in [0.29, 0.717) is 0 Å². The molecule has 0 saturated heterocycles. The van der Waals surface area contributed by atoms with E-state index in [4.69, 9.17) is 10.8 Å². The van der Waals surface area contributed by atoms with Crippen LogP contribution in [0.2, 0.25) is 0 Å². The Kier molecular flexibility index (Phi) is 2.67. The Morgan fingerprint density at radius 3 is 3.00 bits per heavy atom. The first-order chi connectivity index (χ1) is 6.31. The highest BCUT2D eigenvalue weighted by Gasteiger charge is 2.25. The number of rotatable bonds is 4. The molecule has 1 aliphatic carbocycles. The number of aliphatic hydroxyl groups is 1. The zero-order valence-corrected chi connectivity index (χ0v) is 8.39. The van der Waals surface area contributed by atoms with E-state index < -0.39 is 0 Å². The second kappa shape index (κ2) is 3.78. The maximum absolute atomic E-state index is 9.06. The molecule has 1 heterocycles. The van der Waals surface area contributed by atoms with Crippen LogP contribution >= 0.6 is 11.3 Å². The van der Waals surface area contributed by atoms with Crippen molar-refractivity contribution in [2.45, 2.75) is 31.9 Å². The lowest BCUT2D eigenvalue weighted by Gasteiger charge is -2.10. The number of hydrogen-bond donors (Lipinski definition) is 2. The van der Waals surface area contributed by atoms with Crippen LogP contribution in [0.1, 0.15) is 35.7 Å². The normalized spacial score (nSPS) is 18.9. The molecule has 0 radical (unpaired) electrons. The second-order valence-electron chi connectivity index (χ2n) is 3.74. The van der Waals surface area contributed by atoms with Gasteiger partial charge in [-0.05, 0) is 29.3 Å². The topological polar surface area (TPSA) is 46.2 Å². The van der Waals surface area contributed by atoms with Crippen molar-refractivity contribution in [1.29, 1.82) is 0 Å². The van der Waals surface area contributed by atoms with Crippen molar-refractivity contribution < 1.29 is 5.11 Å². The molecule has 13 heavy (non-hydrogen) atoms. The summed E-state index contributed by atoms with van der Waals surface area (Å²) < 4.78 is 0. The molecule has 1 aliphatic rings. The molecule has 1 unspecified atom stereocenters. The van der Waals surface area contributed by atoms with Gasteiger partial charge in [-0.2, -0.15) is 0 Å². The summed E-state index contributed by atoms with van der Waals surface area (Å²) in [4.78, 5) is 1.04. The minimum Gasteiger partial charge on any atom is -0.391 e. The van der Waals surface area contributed by atoms with E-state index in [1.165, 1.54) is 12.8 Å². The van der Waals surface area contributed by atoms with Gasteiger partial charge in [0.25, 0.3) is 0 Å². The zero-order chi connectivity index (χ0) is 9.26. The van der Waals surface area contributed by atoms with E-state index in [0.717, 1.165) is 22.8 Å². The van der Waals surface area contributed by atoms with Gasteiger partial charge in [-0.1, -0.05) is 12.8 Å². The van der Waals surface area contributed by atoms with Crippen molar-refractivity contribution in [3.63, 3.8) is 0 Å². The average molecular weight is 197 g/mol. The van der Waals surface area contributed by atoms with Gasteiger partial charge in [0.2, 0.25) is 0 Å². The lowest BCUT2D eigenvalue weighted by molar-refractivity contribution is 0.283. The third kappa shape index (κ3) is 2.10. The summed E-state index contributed by atoms with van der Waals surface area (Å²) in [5.74, 6) is 0.849. The van der Waals surface area contributed by atoms with Gasteiger partial charge in [0.15, 0.2) is 0 Å². The Morgan fingerprint density at radius 1 is 1.62 bits per heavy atom. The van der Waals surface area contributed by atoms with Crippen molar-refractivity contribution in [3.05, 3.63) is 21.9 Å². The van der Waals surface area contributed by atoms with Crippen LogP contribution in [-0.4, -0.2) is 5.11 Å². The average Bonchev–Trinajstić information content (AvgIpc) is 2.82. The first kappa shape index (κ1) is 9.19. The molecule has 1 fully saturated rings. The molecule has 2 rings (SSSR count). The van der Waals surface area contributed by atoms with Crippen LogP contribution in [0.25, 0.3) is 0 Å². The Balaban J connectivity index is 2.04. The summed E-state index contributed by atoms with van der Waals surface area (Å²) in [6, 6.07) is 2.18. The fraction of sp³-hybridized carbons (Fsp3) is 0.600. The predicted octanol–water partition coefficient (Wildman–Crippen LogP) is 2.04. The number of thiophene rings is 1. The largest absolute Gasteiger partial charge is 0.391 e. The molecule has 3 heteroatoms. The van der Waals surface area contributed by atoms with Crippen LogP contribution in [0.3, 0.4) is 0 Å². The maximum atomic E-state index is 9.06. The van der Waals surface area contributed by atoms with Crippen LogP contribution in [0.5, 0.6) is 0 Å². The Morgan fingerprint density at radius 2 is 2.38 bits per heavy atom. The molecule has 2 nitrogen and oxygen atoms in total. The van der Waals surface area contributed by atoms with Gasteiger partial charge in [-0.15, -0.1) is 11.3 Å². The summed E-state index contributed by atoms with van der Waals surface area (Å²) in [5.41, 5.74) is 7.20. The summed E-state index contributed by atoms with van der Waals surface area (Å²) in [6.07, 6.45) is 3.77. The monoisotopic (exact) mass is 197 g/mol. The van der Waals surface area contributed by atoms with E-state index in [-0.39, 0.29) is 12.6 Å². The lowest BCUT2D eigenvalue weighted by Crippen LogP contribution is -2.11. The Labute approximate surface area is 82.4 Å². The van der Waals surface area contributed by atoms with Crippen LogP contribution in [0.15, 0.2) is 11.4 Å². The molecule has 3 N–H and O–H groups in total. The molecule has 1 saturated carbocycles. The molecule has 0 aliphatic heterocycles. The molecule has 1 aromatic heterocycles. The van der Waals surface area contributed by atoms with Crippen LogP contribution in [0, 0.1) is 5.92 Å². The molecule has 0 aromatic carbocycles. The number of hydrogen-bond acceptors (Lipinski definition) is 3. The Bertz CT molecular complexity index is 280. The highest BCUT2D eigenvalue weighted by Crippen LogP contribution is 2.38. The third-order valence-electron chi connectivity index (χ3n) is 2.61. The second-order valence-corrected chi connectivity index (χ2v) is 4.74. The fourth-order valence-corrected chi connectivity index (χ4v) is 2.46. The molecular formula is C10H15NOS. The first-order valence-corrected chi connectivity index (χ1v) is 5.62.